The smallest absolute Gasteiger partial charge is 0.269 e. The van der Waals surface area contributed by atoms with Crippen molar-refractivity contribution in [1.82, 2.24) is 4.90 Å². The zero-order valence-corrected chi connectivity index (χ0v) is 23.8. The van der Waals surface area contributed by atoms with Crippen LogP contribution in [0.25, 0.3) is 6.08 Å². The number of amidine groups is 1. The highest BCUT2D eigenvalue weighted by atomic mass is 79.9. The maximum atomic E-state index is 13.0. The number of thioether (sulfide) groups is 1. The summed E-state index contributed by atoms with van der Waals surface area (Å²) >= 11 is 8.42. The van der Waals surface area contributed by atoms with Crippen molar-refractivity contribution in [2.45, 2.75) is 13.5 Å². The predicted molar refractivity (Wildman–Crippen MR) is 152 cm³/mol. The molecule has 3 aromatic carbocycles. The molecular weight excluding hydrogens is 626 g/mol. The minimum Gasteiger partial charge on any atom is -0.497 e. The lowest BCUT2D eigenvalue weighted by Crippen LogP contribution is -2.28. The van der Waals surface area contributed by atoms with Crippen molar-refractivity contribution >= 4 is 72.1 Å². The van der Waals surface area contributed by atoms with E-state index in [4.69, 9.17) is 9.47 Å². The fraction of sp³-hybridized carbons (Fsp3) is 0.154. The minimum atomic E-state index is -0.438. The molecule has 0 radical (unpaired) electrons. The summed E-state index contributed by atoms with van der Waals surface area (Å²) < 4.78 is 12.5. The number of benzene rings is 3. The predicted octanol–water partition coefficient (Wildman–Crippen LogP) is 7.33. The van der Waals surface area contributed by atoms with Gasteiger partial charge in [0, 0.05) is 18.7 Å². The maximum Gasteiger partial charge on any atom is 0.269 e. The summed E-state index contributed by atoms with van der Waals surface area (Å²) in [6, 6.07) is 17.3. The Morgan fingerprint density at radius 2 is 1.73 bits per heavy atom. The molecule has 0 aliphatic carbocycles. The van der Waals surface area contributed by atoms with Crippen LogP contribution in [0.5, 0.6) is 11.5 Å². The average Bonchev–Trinajstić information content (AvgIpc) is 3.17. The lowest BCUT2D eigenvalue weighted by Gasteiger charge is -2.12. The number of carbonyl (C=O) groups is 1. The van der Waals surface area contributed by atoms with E-state index in [1.807, 2.05) is 49.4 Å². The number of rotatable bonds is 8. The molecule has 1 heterocycles. The summed E-state index contributed by atoms with van der Waals surface area (Å²) in [5.41, 5.74) is 2.36. The topological polar surface area (TPSA) is 94.3 Å². The molecular formula is C26H21Br2N3O5S. The Hall–Kier alpha value is -3.15. The van der Waals surface area contributed by atoms with Gasteiger partial charge in [0.1, 0.15) is 18.1 Å². The SMILES string of the molecule is CCN1C(=O)/C(=C\c2cc(Br)c(OCc3ccc([N+](=O)[O-])cc3)c(Br)c2)SC1=Nc1ccc(OC)cc1. The number of methoxy groups -OCH3 is 1. The highest BCUT2D eigenvalue weighted by Gasteiger charge is 2.32. The Labute approximate surface area is 234 Å². The number of hydrogen-bond acceptors (Lipinski definition) is 7. The fourth-order valence-electron chi connectivity index (χ4n) is 3.46. The van der Waals surface area contributed by atoms with Crippen LogP contribution in [0.3, 0.4) is 0 Å². The van der Waals surface area contributed by atoms with E-state index < -0.39 is 4.92 Å². The number of carbonyl (C=O) groups excluding carboxylic acids is 1. The van der Waals surface area contributed by atoms with Gasteiger partial charge >= 0.3 is 0 Å². The Kier molecular flexibility index (Phi) is 8.67. The van der Waals surface area contributed by atoms with Gasteiger partial charge in [0.25, 0.3) is 11.6 Å². The molecule has 3 aromatic rings. The number of ether oxygens (including phenoxy) is 2. The molecule has 0 N–H and O–H groups in total. The number of non-ortho nitro benzene ring substituents is 1. The number of nitro benzene ring substituents is 1. The largest absolute Gasteiger partial charge is 0.497 e. The molecule has 0 bridgehead atoms. The molecule has 190 valence electrons. The molecule has 0 atom stereocenters. The van der Waals surface area contributed by atoms with Crippen molar-refractivity contribution in [3.8, 4) is 11.5 Å². The van der Waals surface area contributed by atoms with Gasteiger partial charge in [-0.05, 0) is 116 Å². The van der Waals surface area contributed by atoms with Crippen molar-refractivity contribution in [2.24, 2.45) is 4.99 Å². The van der Waals surface area contributed by atoms with E-state index in [2.05, 4.69) is 36.9 Å². The van der Waals surface area contributed by atoms with Gasteiger partial charge in [-0.3, -0.25) is 19.8 Å². The summed E-state index contributed by atoms with van der Waals surface area (Å²) in [5.74, 6) is 1.22. The van der Waals surface area contributed by atoms with Crippen molar-refractivity contribution in [1.29, 1.82) is 0 Å². The van der Waals surface area contributed by atoms with Crippen LogP contribution in [0.15, 0.2) is 79.5 Å². The number of nitro groups is 1. The van der Waals surface area contributed by atoms with Gasteiger partial charge in [-0.1, -0.05) is 0 Å². The van der Waals surface area contributed by atoms with Crippen LogP contribution in [-0.2, 0) is 11.4 Å². The van der Waals surface area contributed by atoms with Crippen molar-refractivity contribution in [2.75, 3.05) is 13.7 Å². The van der Waals surface area contributed by atoms with Gasteiger partial charge in [-0.2, -0.15) is 0 Å². The second-order valence-electron chi connectivity index (χ2n) is 7.78. The van der Waals surface area contributed by atoms with E-state index >= 15 is 0 Å². The Bertz CT molecular complexity index is 1370. The van der Waals surface area contributed by atoms with E-state index in [1.54, 1.807) is 24.1 Å². The molecule has 1 amide bonds. The van der Waals surface area contributed by atoms with Gasteiger partial charge in [-0.25, -0.2) is 4.99 Å². The van der Waals surface area contributed by atoms with Crippen LogP contribution in [-0.4, -0.2) is 34.6 Å². The quantitative estimate of drug-likeness (QED) is 0.144. The number of halogens is 2. The van der Waals surface area contributed by atoms with Crippen LogP contribution >= 0.6 is 43.6 Å². The molecule has 1 aliphatic rings. The monoisotopic (exact) mass is 645 g/mol. The molecule has 1 fully saturated rings. The normalized spacial score (nSPS) is 15.5. The van der Waals surface area contributed by atoms with Crippen LogP contribution < -0.4 is 9.47 Å². The zero-order chi connectivity index (χ0) is 26.5. The molecule has 37 heavy (non-hydrogen) atoms. The number of nitrogens with zero attached hydrogens (tertiary/aromatic N) is 3. The van der Waals surface area contributed by atoms with Crippen LogP contribution in [0.1, 0.15) is 18.1 Å². The van der Waals surface area contributed by atoms with Crippen LogP contribution in [0.4, 0.5) is 11.4 Å². The minimum absolute atomic E-state index is 0.0293. The summed E-state index contributed by atoms with van der Waals surface area (Å²) in [6.45, 7) is 2.65. The summed E-state index contributed by atoms with van der Waals surface area (Å²) in [7, 11) is 1.61. The Morgan fingerprint density at radius 3 is 2.30 bits per heavy atom. The molecule has 1 saturated heterocycles. The van der Waals surface area contributed by atoms with E-state index in [0.717, 1.165) is 22.6 Å². The first-order chi connectivity index (χ1) is 17.8. The third kappa shape index (κ3) is 6.41. The molecule has 0 aromatic heterocycles. The molecule has 0 saturated carbocycles. The van der Waals surface area contributed by atoms with Crippen LogP contribution in [0, 0.1) is 10.1 Å². The number of amides is 1. The second-order valence-corrected chi connectivity index (χ2v) is 10.5. The summed E-state index contributed by atoms with van der Waals surface area (Å²) in [6.07, 6.45) is 1.82. The zero-order valence-electron chi connectivity index (χ0n) is 19.8. The third-order valence-corrected chi connectivity index (χ3v) is 7.53. The molecule has 1 aliphatic heterocycles. The van der Waals surface area contributed by atoms with Crippen molar-refractivity contribution in [3.05, 3.63) is 95.8 Å². The van der Waals surface area contributed by atoms with Gasteiger partial charge < -0.3 is 9.47 Å². The van der Waals surface area contributed by atoms with Crippen molar-refractivity contribution in [3.63, 3.8) is 0 Å². The first-order valence-corrected chi connectivity index (χ1v) is 13.5. The maximum absolute atomic E-state index is 13.0. The molecule has 0 spiro atoms. The Morgan fingerprint density at radius 1 is 1.08 bits per heavy atom. The highest BCUT2D eigenvalue weighted by molar-refractivity contribution is 9.11. The standard InChI is InChI=1S/C26H21Br2N3O5S/c1-3-30-25(32)23(37-26(30)29-18-6-10-20(35-2)11-7-18)14-17-12-21(27)24(22(28)13-17)36-15-16-4-8-19(9-5-16)31(33)34/h4-14H,3,15H2,1-2H3/b23-14+,29-26?. The molecule has 4 rings (SSSR count). The average molecular weight is 647 g/mol. The number of hydrogen-bond donors (Lipinski definition) is 0. The molecule has 0 unspecified atom stereocenters. The van der Waals surface area contributed by atoms with Gasteiger partial charge in [0.2, 0.25) is 0 Å². The number of likely N-dealkylation sites (N-methyl/N-ethyl adjacent to an activating group) is 1. The van der Waals surface area contributed by atoms with Crippen LogP contribution in [0.2, 0.25) is 0 Å². The van der Waals surface area contributed by atoms with Gasteiger partial charge in [0.05, 0.1) is 31.6 Å². The first kappa shape index (κ1) is 26.9. The Balaban J connectivity index is 1.52. The van der Waals surface area contributed by atoms with E-state index in [1.165, 1.54) is 23.9 Å². The molecule has 8 nitrogen and oxygen atoms in total. The fourth-order valence-corrected chi connectivity index (χ4v) is 5.97. The third-order valence-electron chi connectivity index (χ3n) is 5.35. The van der Waals surface area contributed by atoms with Gasteiger partial charge in [0.15, 0.2) is 5.17 Å². The van der Waals surface area contributed by atoms with E-state index in [0.29, 0.717) is 31.3 Å². The number of aliphatic imine (C=N–C) groups is 1. The second kappa shape index (κ2) is 11.9. The first-order valence-electron chi connectivity index (χ1n) is 11.1. The summed E-state index contributed by atoms with van der Waals surface area (Å²) in [4.78, 5) is 30.3. The van der Waals surface area contributed by atoms with Crippen molar-refractivity contribution < 1.29 is 19.2 Å². The molecule has 11 heteroatoms. The highest BCUT2D eigenvalue weighted by Crippen LogP contribution is 2.38. The van der Waals surface area contributed by atoms with Gasteiger partial charge in [-0.15, -0.1) is 0 Å². The summed E-state index contributed by atoms with van der Waals surface area (Å²) in [5, 5.41) is 11.5. The van der Waals surface area contributed by atoms with E-state index in [-0.39, 0.29) is 18.2 Å². The lowest BCUT2D eigenvalue weighted by molar-refractivity contribution is -0.384. The van der Waals surface area contributed by atoms with E-state index in [9.17, 15) is 14.9 Å². The lowest BCUT2D eigenvalue weighted by atomic mass is 10.2.